The molecular weight excluding hydrogens is 368 g/mol. The van der Waals surface area contributed by atoms with E-state index >= 15 is 0 Å². The Morgan fingerprint density at radius 1 is 1.03 bits per heavy atom. The van der Waals surface area contributed by atoms with Crippen molar-refractivity contribution in [2.24, 2.45) is 0 Å². The lowest BCUT2D eigenvalue weighted by atomic mass is 10.1. The Morgan fingerprint density at radius 2 is 1.79 bits per heavy atom. The van der Waals surface area contributed by atoms with Gasteiger partial charge in [-0.15, -0.1) is 0 Å². The van der Waals surface area contributed by atoms with Crippen molar-refractivity contribution in [3.63, 3.8) is 0 Å². The van der Waals surface area contributed by atoms with Crippen molar-refractivity contribution in [1.82, 2.24) is 14.4 Å². The van der Waals surface area contributed by atoms with Gasteiger partial charge < -0.3 is 14.8 Å². The number of carbonyl (C=O) groups excluding carboxylic acids is 1. The third kappa shape index (κ3) is 4.35. The van der Waals surface area contributed by atoms with Crippen LogP contribution in [0.2, 0.25) is 0 Å². The lowest BCUT2D eigenvalue weighted by Gasteiger charge is -2.11. The molecule has 0 saturated carbocycles. The summed E-state index contributed by atoms with van der Waals surface area (Å²) in [6.45, 7) is 2.32. The van der Waals surface area contributed by atoms with Gasteiger partial charge in [0.1, 0.15) is 0 Å². The summed E-state index contributed by atoms with van der Waals surface area (Å²) in [4.78, 5) is 20.9. The van der Waals surface area contributed by atoms with Crippen LogP contribution in [-0.4, -0.2) is 33.5 Å². The maximum absolute atomic E-state index is 12.2. The Hall–Kier alpha value is -3.87. The Kier molecular flexibility index (Phi) is 5.38. The van der Waals surface area contributed by atoms with Gasteiger partial charge in [-0.1, -0.05) is 24.3 Å². The largest absolute Gasteiger partial charge is 0.490 e. The van der Waals surface area contributed by atoms with Crippen LogP contribution in [0.4, 0.5) is 5.69 Å². The van der Waals surface area contributed by atoms with Crippen LogP contribution in [0.15, 0.2) is 73.2 Å². The van der Waals surface area contributed by atoms with E-state index in [-0.39, 0.29) is 12.5 Å². The fraction of sp³-hybridized carbons (Fsp3) is 0.136. The zero-order chi connectivity index (χ0) is 20.1. The summed E-state index contributed by atoms with van der Waals surface area (Å²) in [6, 6.07) is 16.6. The number of amides is 1. The van der Waals surface area contributed by atoms with Crippen LogP contribution in [0.1, 0.15) is 6.92 Å². The van der Waals surface area contributed by atoms with Crippen molar-refractivity contribution >= 4 is 17.4 Å². The second kappa shape index (κ2) is 8.43. The van der Waals surface area contributed by atoms with Crippen molar-refractivity contribution in [2.45, 2.75) is 6.92 Å². The molecule has 0 saturated heterocycles. The fourth-order valence-electron chi connectivity index (χ4n) is 2.88. The molecule has 0 aliphatic heterocycles. The number of rotatable bonds is 7. The highest BCUT2D eigenvalue weighted by molar-refractivity contribution is 5.92. The SMILES string of the molecule is CCOc1ccccc1OCC(=O)Nc1ccc(-c2cn3cccnc3n2)cc1. The number of ether oxygens (including phenoxy) is 2. The summed E-state index contributed by atoms with van der Waals surface area (Å²) < 4.78 is 13.0. The standard InChI is InChI=1S/C22H20N4O3/c1-2-28-19-6-3-4-7-20(19)29-15-21(27)24-17-10-8-16(9-11-17)18-14-26-13-5-12-23-22(26)25-18/h3-14H,2,15H2,1H3,(H,24,27). The number of para-hydroxylation sites is 2. The number of hydrogen-bond acceptors (Lipinski definition) is 5. The summed E-state index contributed by atoms with van der Waals surface area (Å²) in [7, 11) is 0. The minimum absolute atomic E-state index is 0.107. The predicted octanol–water partition coefficient (Wildman–Crippen LogP) is 3.81. The van der Waals surface area contributed by atoms with E-state index in [2.05, 4.69) is 15.3 Å². The van der Waals surface area contributed by atoms with E-state index in [0.29, 0.717) is 29.6 Å². The molecule has 4 aromatic rings. The summed E-state index contributed by atoms with van der Waals surface area (Å²) in [5, 5.41) is 2.83. The lowest BCUT2D eigenvalue weighted by molar-refractivity contribution is -0.118. The van der Waals surface area contributed by atoms with E-state index in [1.165, 1.54) is 0 Å². The van der Waals surface area contributed by atoms with Crippen molar-refractivity contribution in [2.75, 3.05) is 18.5 Å². The summed E-state index contributed by atoms with van der Waals surface area (Å²) in [5.41, 5.74) is 2.44. The molecule has 2 aromatic heterocycles. The van der Waals surface area contributed by atoms with E-state index in [0.717, 1.165) is 11.3 Å². The second-order valence-electron chi connectivity index (χ2n) is 6.25. The Morgan fingerprint density at radius 3 is 2.52 bits per heavy atom. The molecule has 1 amide bonds. The normalized spacial score (nSPS) is 10.7. The number of nitrogens with zero attached hydrogens (tertiary/aromatic N) is 3. The number of imidazole rings is 1. The average molecular weight is 388 g/mol. The number of fused-ring (bicyclic) bond motifs is 1. The van der Waals surface area contributed by atoms with Crippen LogP contribution in [0.5, 0.6) is 11.5 Å². The molecule has 4 rings (SSSR count). The van der Waals surface area contributed by atoms with Crippen LogP contribution >= 0.6 is 0 Å². The number of benzene rings is 2. The second-order valence-corrected chi connectivity index (χ2v) is 6.25. The number of carbonyl (C=O) groups is 1. The van der Waals surface area contributed by atoms with Gasteiger partial charge in [0.05, 0.1) is 12.3 Å². The highest BCUT2D eigenvalue weighted by atomic mass is 16.5. The van der Waals surface area contributed by atoms with Gasteiger partial charge in [-0.2, -0.15) is 0 Å². The summed E-state index contributed by atoms with van der Waals surface area (Å²) >= 11 is 0. The molecule has 7 heteroatoms. The first-order chi connectivity index (χ1) is 14.2. The molecular formula is C22H20N4O3. The van der Waals surface area contributed by atoms with E-state index in [1.807, 2.05) is 72.2 Å². The van der Waals surface area contributed by atoms with Crippen LogP contribution in [0.25, 0.3) is 17.0 Å². The highest BCUT2D eigenvalue weighted by Gasteiger charge is 2.09. The molecule has 0 radical (unpaired) electrons. The van der Waals surface area contributed by atoms with Gasteiger partial charge in [0.2, 0.25) is 5.78 Å². The van der Waals surface area contributed by atoms with Crippen molar-refractivity contribution in [3.05, 3.63) is 73.2 Å². The summed E-state index contributed by atoms with van der Waals surface area (Å²) in [6.07, 6.45) is 5.52. The van der Waals surface area contributed by atoms with E-state index in [1.54, 1.807) is 12.3 Å². The minimum Gasteiger partial charge on any atom is -0.490 e. The monoisotopic (exact) mass is 388 g/mol. The number of nitrogens with one attached hydrogen (secondary N) is 1. The average Bonchev–Trinajstić information content (AvgIpc) is 3.18. The Labute approximate surface area is 168 Å². The van der Waals surface area contributed by atoms with Crippen LogP contribution < -0.4 is 14.8 Å². The molecule has 2 aromatic carbocycles. The molecule has 29 heavy (non-hydrogen) atoms. The molecule has 0 unspecified atom stereocenters. The van der Waals surface area contributed by atoms with E-state index in [4.69, 9.17) is 9.47 Å². The van der Waals surface area contributed by atoms with Gasteiger partial charge >= 0.3 is 0 Å². The van der Waals surface area contributed by atoms with E-state index < -0.39 is 0 Å². The molecule has 0 bridgehead atoms. The third-order valence-corrected chi connectivity index (χ3v) is 4.21. The quantitative estimate of drug-likeness (QED) is 0.521. The maximum Gasteiger partial charge on any atom is 0.262 e. The Bertz CT molecular complexity index is 1090. The van der Waals surface area contributed by atoms with Crippen molar-refractivity contribution < 1.29 is 14.3 Å². The molecule has 7 nitrogen and oxygen atoms in total. The van der Waals surface area contributed by atoms with Gasteiger partial charge in [-0.3, -0.25) is 9.20 Å². The molecule has 0 aliphatic rings. The van der Waals surface area contributed by atoms with Gasteiger partial charge in [0.15, 0.2) is 18.1 Å². The topological polar surface area (TPSA) is 77.8 Å². The van der Waals surface area contributed by atoms with Gasteiger partial charge in [-0.05, 0) is 37.3 Å². The number of anilines is 1. The Balaban J connectivity index is 1.38. The highest BCUT2D eigenvalue weighted by Crippen LogP contribution is 2.26. The molecule has 146 valence electrons. The molecule has 0 fully saturated rings. The lowest BCUT2D eigenvalue weighted by Crippen LogP contribution is -2.20. The van der Waals surface area contributed by atoms with Gasteiger partial charge in [-0.25, -0.2) is 9.97 Å². The van der Waals surface area contributed by atoms with Crippen LogP contribution in [0.3, 0.4) is 0 Å². The van der Waals surface area contributed by atoms with Gasteiger partial charge in [0, 0.05) is 29.8 Å². The molecule has 0 spiro atoms. The predicted molar refractivity (Wildman–Crippen MR) is 110 cm³/mol. The van der Waals surface area contributed by atoms with E-state index in [9.17, 15) is 4.79 Å². The maximum atomic E-state index is 12.2. The molecule has 0 aliphatic carbocycles. The molecule has 0 atom stereocenters. The van der Waals surface area contributed by atoms with Gasteiger partial charge in [0.25, 0.3) is 5.91 Å². The zero-order valence-electron chi connectivity index (χ0n) is 15.9. The van der Waals surface area contributed by atoms with Crippen LogP contribution in [0, 0.1) is 0 Å². The minimum atomic E-state index is -0.249. The molecule has 1 N–H and O–H groups in total. The first-order valence-electron chi connectivity index (χ1n) is 9.27. The first kappa shape index (κ1) is 18.5. The van der Waals surface area contributed by atoms with Crippen molar-refractivity contribution in [1.29, 1.82) is 0 Å². The number of hydrogen-bond donors (Lipinski definition) is 1. The first-order valence-corrected chi connectivity index (χ1v) is 9.27. The van der Waals surface area contributed by atoms with Crippen molar-refractivity contribution in [3.8, 4) is 22.8 Å². The smallest absolute Gasteiger partial charge is 0.262 e. The third-order valence-electron chi connectivity index (χ3n) is 4.21. The number of aromatic nitrogens is 3. The fourth-order valence-corrected chi connectivity index (χ4v) is 2.88. The van der Waals surface area contributed by atoms with Crippen LogP contribution in [-0.2, 0) is 4.79 Å². The summed E-state index contributed by atoms with van der Waals surface area (Å²) in [5.74, 6) is 1.56. The molecule has 2 heterocycles. The zero-order valence-corrected chi connectivity index (χ0v) is 15.9.